The number of likely N-dealkylation sites (N-methyl/N-ethyl adjacent to an activating group) is 1. The number of nitrogens with zero attached hydrogens (tertiary/aromatic N) is 2. The van der Waals surface area contributed by atoms with Gasteiger partial charge >= 0.3 is 6.03 Å². The van der Waals surface area contributed by atoms with E-state index in [1.807, 2.05) is 20.8 Å². The second-order valence-electron chi connectivity index (χ2n) is 6.33. The zero-order chi connectivity index (χ0) is 17.5. The first-order chi connectivity index (χ1) is 10.8. The summed E-state index contributed by atoms with van der Waals surface area (Å²) in [7, 11) is 3.26. The maximum atomic E-state index is 12.3. The van der Waals surface area contributed by atoms with Gasteiger partial charge in [-0.2, -0.15) is 0 Å². The summed E-state index contributed by atoms with van der Waals surface area (Å²) >= 11 is 0. The number of aromatic nitrogens is 1. The van der Waals surface area contributed by atoms with Crippen LogP contribution in [0.15, 0.2) is 18.3 Å². The normalized spacial score (nSPS) is 12.6. The van der Waals surface area contributed by atoms with Crippen LogP contribution in [0.25, 0.3) is 0 Å². The molecule has 0 saturated heterocycles. The number of carbonyl (C=O) groups excluding carboxylic acids is 1. The van der Waals surface area contributed by atoms with E-state index >= 15 is 0 Å². The van der Waals surface area contributed by atoms with Gasteiger partial charge in [0.15, 0.2) is 0 Å². The fraction of sp³-hybridized carbons (Fsp3) is 0.625. The predicted octanol–water partition coefficient (Wildman–Crippen LogP) is 1.98. The summed E-state index contributed by atoms with van der Waals surface area (Å²) in [5, 5.41) is 12.3. The number of ether oxygens (including phenoxy) is 2. The molecule has 1 rings (SSSR count). The van der Waals surface area contributed by atoms with Crippen LogP contribution in [0.1, 0.15) is 20.8 Å². The van der Waals surface area contributed by atoms with Crippen LogP contribution >= 0.6 is 0 Å². The van der Waals surface area contributed by atoms with Gasteiger partial charge in [-0.1, -0.05) is 20.8 Å². The molecule has 1 heterocycles. The van der Waals surface area contributed by atoms with Crippen LogP contribution in [0, 0.1) is 5.41 Å². The van der Waals surface area contributed by atoms with E-state index in [1.54, 1.807) is 26.3 Å². The fourth-order valence-corrected chi connectivity index (χ4v) is 2.10. The van der Waals surface area contributed by atoms with E-state index < -0.39 is 0 Å². The van der Waals surface area contributed by atoms with Crippen molar-refractivity contribution in [2.45, 2.75) is 26.8 Å². The highest BCUT2D eigenvalue weighted by molar-refractivity contribution is 5.89. The van der Waals surface area contributed by atoms with Crippen LogP contribution in [0.4, 0.5) is 10.5 Å². The molecule has 7 heteroatoms. The first kappa shape index (κ1) is 19.2. The third kappa shape index (κ3) is 6.03. The second-order valence-corrected chi connectivity index (χ2v) is 6.33. The Morgan fingerprint density at radius 1 is 1.39 bits per heavy atom. The Hall–Kier alpha value is -1.86. The van der Waals surface area contributed by atoms with Gasteiger partial charge in [0.25, 0.3) is 0 Å². The Labute approximate surface area is 137 Å². The fourth-order valence-electron chi connectivity index (χ4n) is 2.10. The maximum Gasteiger partial charge on any atom is 0.321 e. The van der Waals surface area contributed by atoms with Crippen molar-refractivity contribution in [1.29, 1.82) is 0 Å². The molecule has 130 valence electrons. The average molecular weight is 325 g/mol. The first-order valence-electron chi connectivity index (χ1n) is 7.52. The minimum Gasteiger partial charge on any atom is -0.475 e. The number of hydrogen-bond acceptors (Lipinski definition) is 5. The van der Waals surface area contributed by atoms with Gasteiger partial charge < -0.3 is 24.8 Å². The van der Waals surface area contributed by atoms with Gasteiger partial charge in [0, 0.05) is 20.2 Å². The zero-order valence-electron chi connectivity index (χ0n) is 14.5. The Bertz CT molecular complexity index is 485. The van der Waals surface area contributed by atoms with Crippen LogP contribution in [-0.2, 0) is 4.74 Å². The summed E-state index contributed by atoms with van der Waals surface area (Å²) in [6, 6.07) is 2.81. The Morgan fingerprint density at radius 3 is 2.57 bits per heavy atom. The van der Waals surface area contributed by atoms with E-state index in [1.165, 1.54) is 11.1 Å². The molecular weight excluding hydrogens is 298 g/mol. The zero-order valence-corrected chi connectivity index (χ0v) is 14.5. The van der Waals surface area contributed by atoms with Gasteiger partial charge in [-0.25, -0.2) is 9.78 Å². The first-order valence-corrected chi connectivity index (χ1v) is 7.52. The van der Waals surface area contributed by atoms with E-state index in [4.69, 9.17) is 9.47 Å². The van der Waals surface area contributed by atoms with Crippen LogP contribution in [0.5, 0.6) is 5.88 Å². The molecule has 0 aromatic carbocycles. The van der Waals surface area contributed by atoms with Crippen LogP contribution < -0.4 is 10.1 Å². The van der Waals surface area contributed by atoms with E-state index in [0.717, 1.165) is 0 Å². The van der Waals surface area contributed by atoms with Gasteiger partial charge in [0.05, 0.1) is 31.1 Å². The second kappa shape index (κ2) is 8.69. The van der Waals surface area contributed by atoms with Crippen LogP contribution in [0.3, 0.4) is 0 Å². The summed E-state index contributed by atoms with van der Waals surface area (Å²) in [5.41, 5.74) is 0.338. The van der Waals surface area contributed by atoms with Crippen molar-refractivity contribution in [2.75, 3.05) is 39.3 Å². The lowest BCUT2D eigenvalue weighted by atomic mass is 9.86. The van der Waals surface area contributed by atoms with Gasteiger partial charge in [-0.05, 0) is 11.5 Å². The van der Waals surface area contributed by atoms with Crippen molar-refractivity contribution >= 4 is 11.7 Å². The smallest absolute Gasteiger partial charge is 0.321 e. The molecule has 0 spiro atoms. The largest absolute Gasteiger partial charge is 0.475 e. The summed E-state index contributed by atoms with van der Waals surface area (Å²) in [6.07, 6.45) is 1.53. The number of methoxy groups -OCH3 is 1. The number of hydrogen-bond donors (Lipinski definition) is 2. The molecular formula is C16H27N3O4. The Balaban J connectivity index is 2.63. The lowest BCUT2D eigenvalue weighted by Crippen LogP contribution is -2.48. The summed E-state index contributed by atoms with van der Waals surface area (Å²) in [6.45, 7) is 6.74. The highest BCUT2D eigenvalue weighted by Crippen LogP contribution is 2.23. The summed E-state index contributed by atoms with van der Waals surface area (Å²) in [4.78, 5) is 17.9. The number of nitrogens with one attached hydrogen (secondary N) is 1. The van der Waals surface area contributed by atoms with Crippen molar-refractivity contribution in [2.24, 2.45) is 5.41 Å². The molecule has 0 saturated carbocycles. The lowest BCUT2D eigenvalue weighted by molar-refractivity contribution is 0.0886. The van der Waals surface area contributed by atoms with Gasteiger partial charge in [0.1, 0.15) is 6.61 Å². The minimum atomic E-state index is -0.297. The molecule has 1 aromatic rings. The van der Waals surface area contributed by atoms with E-state index in [9.17, 15) is 9.90 Å². The molecule has 1 aromatic heterocycles. The maximum absolute atomic E-state index is 12.3. The summed E-state index contributed by atoms with van der Waals surface area (Å²) in [5.74, 6) is 0.469. The van der Waals surface area contributed by atoms with E-state index in [-0.39, 0.29) is 24.1 Å². The molecule has 0 unspecified atom stereocenters. The molecule has 0 aliphatic heterocycles. The molecule has 2 N–H and O–H groups in total. The van der Waals surface area contributed by atoms with Crippen molar-refractivity contribution in [1.82, 2.24) is 9.88 Å². The Kier molecular flexibility index (Phi) is 7.25. The topological polar surface area (TPSA) is 83.9 Å². The number of urea groups is 1. The Morgan fingerprint density at radius 2 is 2.09 bits per heavy atom. The van der Waals surface area contributed by atoms with Crippen molar-refractivity contribution in [3.05, 3.63) is 18.3 Å². The number of amides is 2. The van der Waals surface area contributed by atoms with Gasteiger partial charge in [0.2, 0.25) is 5.88 Å². The molecule has 0 aliphatic carbocycles. The SMILES string of the molecule is COCCOc1ccc(NC(=O)N(C)[C@@H](CO)C(C)(C)C)cn1. The highest BCUT2D eigenvalue weighted by Gasteiger charge is 2.30. The molecule has 0 bridgehead atoms. The molecule has 0 radical (unpaired) electrons. The highest BCUT2D eigenvalue weighted by atomic mass is 16.5. The predicted molar refractivity (Wildman–Crippen MR) is 88.7 cm³/mol. The molecule has 23 heavy (non-hydrogen) atoms. The van der Waals surface area contributed by atoms with Crippen LogP contribution in [-0.4, -0.2) is 61.0 Å². The number of aliphatic hydroxyl groups excluding tert-OH is 1. The number of pyridine rings is 1. The number of carbonyl (C=O) groups is 1. The van der Waals surface area contributed by atoms with E-state index in [0.29, 0.717) is 24.8 Å². The third-order valence-electron chi connectivity index (χ3n) is 3.49. The monoisotopic (exact) mass is 325 g/mol. The van der Waals surface area contributed by atoms with Crippen molar-refractivity contribution in [3.63, 3.8) is 0 Å². The van der Waals surface area contributed by atoms with Crippen LogP contribution in [0.2, 0.25) is 0 Å². The quantitative estimate of drug-likeness (QED) is 0.749. The summed E-state index contributed by atoms with van der Waals surface area (Å²) < 4.78 is 10.3. The average Bonchev–Trinajstić information content (AvgIpc) is 2.48. The molecule has 7 nitrogen and oxygen atoms in total. The number of anilines is 1. The lowest BCUT2D eigenvalue weighted by Gasteiger charge is -2.36. The van der Waals surface area contributed by atoms with Crippen molar-refractivity contribution in [3.8, 4) is 5.88 Å². The molecule has 1 atom stereocenters. The molecule has 0 aliphatic rings. The van der Waals surface area contributed by atoms with Gasteiger partial charge in [-0.3, -0.25) is 0 Å². The minimum absolute atomic E-state index is 0.0993. The third-order valence-corrected chi connectivity index (χ3v) is 3.49. The standard InChI is InChI=1S/C16H27N3O4/c1-16(2,3)13(11-20)19(4)15(21)18-12-6-7-14(17-10-12)23-9-8-22-5/h6-7,10,13,20H,8-9,11H2,1-5H3,(H,18,21)/t13-/m0/s1. The molecule has 2 amide bonds. The molecule has 0 fully saturated rings. The van der Waals surface area contributed by atoms with Crippen molar-refractivity contribution < 1.29 is 19.4 Å². The number of aliphatic hydroxyl groups is 1. The number of rotatable bonds is 7. The van der Waals surface area contributed by atoms with E-state index in [2.05, 4.69) is 10.3 Å². The van der Waals surface area contributed by atoms with Gasteiger partial charge in [-0.15, -0.1) is 0 Å².